The lowest BCUT2D eigenvalue weighted by atomic mass is 9.91. The minimum absolute atomic E-state index is 0.00795. The highest BCUT2D eigenvalue weighted by Crippen LogP contribution is 2.37. The Balaban J connectivity index is 2.33. The molecule has 0 bridgehead atoms. The SMILES string of the molecule is CC(C)CN(c1nc(C(C)(C)C)c(CO)s1)C1CCCC1. The summed E-state index contributed by atoms with van der Waals surface area (Å²) in [5.74, 6) is 0.630. The van der Waals surface area contributed by atoms with Gasteiger partial charge in [-0.1, -0.05) is 58.8 Å². The Bertz CT molecular complexity index is 456. The van der Waals surface area contributed by atoms with Crippen LogP contribution in [-0.2, 0) is 12.0 Å². The topological polar surface area (TPSA) is 36.4 Å². The zero-order valence-corrected chi connectivity index (χ0v) is 15.0. The second-order valence-electron chi connectivity index (χ2n) is 7.66. The Kier molecular flexibility index (Phi) is 5.31. The molecule has 1 aromatic heterocycles. The maximum absolute atomic E-state index is 9.68. The van der Waals surface area contributed by atoms with Gasteiger partial charge in [0.2, 0.25) is 0 Å². The van der Waals surface area contributed by atoms with E-state index in [1.807, 2.05) is 0 Å². The average molecular weight is 311 g/mol. The molecule has 1 aliphatic rings. The maximum Gasteiger partial charge on any atom is 0.186 e. The van der Waals surface area contributed by atoms with Gasteiger partial charge < -0.3 is 10.0 Å². The second kappa shape index (κ2) is 6.66. The Labute approximate surface area is 133 Å². The number of hydrogen-bond donors (Lipinski definition) is 1. The average Bonchev–Trinajstić information content (AvgIpc) is 3.04. The lowest BCUT2D eigenvalue weighted by Gasteiger charge is -2.30. The number of nitrogens with zero attached hydrogens (tertiary/aromatic N) is 2. The van der Waals surface area contributed by atoms with Gasteiger partial charge in [-0.05, 0) is 18.8 Å². The molecule has 1 saturated carbocycles. The molecule has 0 spiro atoms. The molecule has 3 nitrogen and oxygen atoms in total. The molecule has 0 radical (unpaired) electrons. The molecule has 1 fully saturated rings. The summed E-state index contributed by atoms with van der Waals surface area (Å²) in [6.45, 7) is 12.2. The highest BCUT2D eigenvalue weighted by molar-refractivity contribution is 7.15. The fourth-order valence-corrected chi connectivity index (χ4v) is 4.36. The first kappa shape index (κ1) is 16.8. The summed E-state index contributed by atoms with van der Waals surface area (Å²) >= 11 is 1.69. The van der Waals surface area contributed by atoms with Crippen molar-refractivity contribution >= 4 is 16.5 Å². The molecular weight excluding hydrogens is 280 g/mol. The first-order chi connectivity index (χ1) is 9.82. The standard InChI is InChI=1S/C17H30N2OS/c1-12(2)10-19(13-8-6-7-9-13)16-18-15(17(3,4)5)14(11-20)21-16/h12-13,20H,6-11H2,1-5H3. The first-order valence-electron chi connectivity index (χ1n) is 8.20. The summed E-state index contributed by atoms with van der Waals surface area (Å²) in [6, 6.07) is 0.637. The van der Waals surface area contributed by atoms with E-state index in [9.17, 15) is 5.11 Å². The van der Waals surface area contributed by atoms with E-state index >= 15 is 0 Å². The van der Waals surface area contributed by atoms with E-state index in [2.05, 4.69) is 39.5 Å². The minimum atomic E-state index is -0.00795. The van der Waals surface area contributed by atoms with Crippen LogP contribution >= 0.6 is 11.3 Å². The number of aromatic nitrogens is 1. The van der Waals surface area contributed by atoms with E-state index in [0.717, 1.165) is 22.2 Å². The quantitative estimate of drug-likeness (QED) is 0.879. The van der Waals surface area contributed by atoms with Crippen LogP contribution in [0.25, 0.3) is 0 Å². The fourth-order valence-electron chi connectivity index (χ4n) is 3.15. The second-order valence-corrected chi connectivity index (χ2v) is 8.72. The molecule has 0 saturated heterocycles. The molecule has 0 atom stereocenters. The molecule has 0 aromatic carbocycles. The molecule has 1 aliphatic carbocycles. The van der Waals surface area contributed by atoms with Crippen molar-refractivity contribution in [1.29, 1.82) is 0 Å². The smallest absolute Gasteiger partial charge is 0.186 e. The Morgan fingerprint density at radius 3 is 2.33 bits per heavy atom. The zero-order valence-electron chi connectivity index (χ0n) is 14.1. The number of anilines is 1. The molecule has 1 aromatic rings. The van der Waals surface area contributed by atoms with Gasteiger partial charge in [0.05, 0.1) is 17.2 Å². The van der Waals surface area contributed by atoms with Crippen molar-refractivity contribution in [1.82, 2.24) is 4.98 Å². The van der Waals surface area contributed by atoms with Crippen molar-refractivity contribution in [2.24, 2.45) is 5.92 Å². The van der Waals surface area contributed by atoms with E-state index in [0.29, 0.717) is 12.0 Å². The highest BCUT2D eigenvalue weighted by Gasteiger charge is 2.29. The maximum atomic E-state index is 9.68. The zero-order chi connectivity index (χ0) is 15.6. The predicted molar refractivity (Wildman–Crippen MR) is 91.2 cm³/mol. The van der Waals surface area contributed by atoms with Gasteiger partial charge in [0.1, 0.15) is 0 Å². The molecule has 0 amide bonds. The van der Waals surface area contributed by atoms with E-state index in [4.69, 9.17) is 4.98 Å². The van der Waals surface area contributed by atoms with Crippen LogP contribution in [0.15, 0.2) is 0 Å². The van der Waals surface area contributed by atoms with E-state index in [1.165, 1.54) is 25.7 Å². The van der Waals surface area contributed by atoms with Gasteiger partial charge in [0, 0.05) is 18.0 Å². The summed E-state index contributed by atoms with van der Waals surface area (Å²) in [4.78, 5) is 8.48. The van der Waals surface area contributed by atoms with Crippen molar-refractivity contribution in [3.63, 3.8) is 0 Å². The largest absolute Gasteiger partial charge is 0.391 e. The van der Waals surface area contributed by atoms with Crippen LogP contribution in [-0.4, -0.2) is 22.7 Å². The van der Waals surface area contributed by atoms with Crippen molar-refractivity contribution in [3.05, 3.63) is 10.6 Å². The first-order valence-corrected chi connectivity index (χ1v) is 9.02. The molecular formula is C17H30N2OS. The van der Waals surface area contributed by atoms with Crippen LogP contribution in [0.2, 0.25) is 0 Å². The van der Waals surface area contributed by atoms with Crippen molar-refractivity contribution in [2.45, 2.75) is 78.4 Å². The van der Waals surface area contributed by atoms with Crippen molar-refractivity contribution < 1.29 is 5.11 Å². The molecule has 0 unspecified atom stereocenters. The normalized spacial score (nSPS) is 16.9. The van der Waals surface area contributed by atoms with Gasteiger partial charge in [-0.3, -0.25) is 0 Å². The fraction of sp³-hybridized carbons (Fsp3) is 0.824. The number of thiazole rings is 1. The van der Waals surface area contributed by atoms with Crippen molar-refractivity contribution in [3.8, 4) is 0 Å². The Hall–Kier alpha value is -0.610. The van der Waals surface area contributed by atoms with Crippen LogP contribution in [0.5, 0.6) is 0 Å². The van der Waals surface area contributed by atoms with E-state index in [-0.39, 0.29) is 12.0 Å². The van der Waals surface area contributed by atoms with Crippen LogP contribution < -0.4 is 4.90 Å². The lowest BCUT2D eigenvalue weighted by Crippen LogP contribution is -2.36. The van der Waals surface area contributed by atoms with Gasteiger partial charge >= 0.3 is 0 Å². The third-order valence-electron chi connectivity index (χ3n) is 4.11. The third kappa shape index (κ3) is 3.98. The minimum Gasteiger partial charge on any atom is -0.391 e. The van der Waals surface area contributed by atoms with Crippen LogP contribution in [0, 0.1) is 5.92 Å². The molecule has 21 heavy (non-hydrogen) atoms. The molecule has 4 heteroatoms. The van der Waals surface area contributed by atoms with E-state index in [1.54, 1.807) is 11.3 Å². The summed E-state index contributed by atoms with van der Waals surface area (Å²) in [5, 5.41) is 10.8. The van der Waals surface area contributed by atoms with E-state index < -0.39 is 0 Å². The van der Waals surface area contributed by atoms with Crippen LogP contribution in [0.1, 0.15) is 70.9 Å². The Morgan fingerprint density at radius 1 is 1.29 bits per heavy atom. The van der Waals surface area contributed by atoms with Crippen molar-refractivity contribution in [2.75, 3.05) is 11.4 Å². The van der Waals surface area contributed by atoms with Crippen LogP contribution in [0.4, 0.5) is 5.13 Å². The van der Waals surface area contributed by atoms with Gasteiger partial charge in [0.15, 0.2) is 5.13 Å². The highest BCUT2D eigenvalue weighted by atomic mass is 32.1. The molecule has 120 valence electrons. The number of rotatable bonds is 5. The third-order valence-corrected chi connectivity index (χ3v) is 5.19. The Morgan fingerprint density at radius 2 is 1.90 bits per heavy atom. The van der Waals surface area contributed by atoms with Crippen LogP contribution in [0.3, 0.4) is 0 Å². The summed E-state index contributed by atoms with van der Waals surface area (Å²) in [7, 11) is 0. The lowest BCUT2D eigenvalue weighted by molar-refractivity contribution is 0.282. The monoisotopic (exact) mass is 310 g/mol. The van der Waals surface area contributed by atoms with Gasteiger partial charge in [0.25, 0.3) is 0 Å². The molecule has 0 aliphatic heterocycles. The van der Waals surface area contributed by atoms with Gasteiger partial charge in [-0.25, -0.2) is 4.98 Å². The predicted octanol–water partition coefficient (Wildman–Crippen LogP) is 4.34. The van der Waals surface area contributed by atoms with Gasteiger partial charge in [-0.2, -0.15) is 0 Å². The van der Waals surface area contributed by atoms with Gasteiger partial charge in [-0.15, -0.1) is 0 Å². The number of hydrogen-bond acceptors (Lipinski definition) is 4. The molecule has 1 heterocycles. The number of aliphatic hydroxyl groups excluding tert-OH is 1. The number of aliphatic hydroxyl groups is 1. The summed E-state index contributed by atoms with van der Waals surface area (Å²) in [5.41, 5.74) is 1.06. The molecule has 1 N–H and O–H groups in total. The molecule has 2 rings (SSSR count). The summed E-state index contributed by atoms with van der Waals surface area (Å²) < 4.78 is 0. The summed E-state index contributed by atoms with van der Waals surface area (Å²) in [6.07, 6.45) is 5.24.